The fourth-order valence-electron chi connectivity index (χ4n) is 2.72. The van der Waals surface area contributed by atoms with E-state index in [1.165, 1.54) is 0 Å². The van der Waals surface area contributed by atoms with Gasteiger partial charge in [0.25, 0.3) is 5.91 Å². The van der Waals surface area contributed by atoms with Gasteiger partial charge in [-0.05, 0) is 24.3 Å². The third kappa shape index (κ3) is 2.99. The first-order chi connectivity index (χ1) is 13.1. The van der Waals surface area contributed by atoms with Crippen LogP contribution in [0.1, 0.15) is 20.8 Å². The number of esters is 1. The van der Waals surface area contributed by atoms with Gasteiger partial charge < -0.3 is 10.5 Å². The van der Waals surface area contributed by atoms with Gasteiger partial charge in [-0.1, -0.05) is 30.3 Å². The van der Waals surface area contributed by atoms with E-state index in [2.05, 4.69) is 20.4 Å². The number of aromatic nitrogens is 4. The molecule has 0 aliphatic heterocycles. The van der Waals surface area contributed by atoms with Gasteiger partial charge >= 0.3 is 5.97 Å². The Hall–Kier alpha value is -4.07. The topological polar surface area (TPSA) is 124 Å². The van der Waals surface area contributed by atoms with Crippen molar-refractivity contribution in [3.63, 3.8) is 0 Å². The number of pyridine rings is 1. The first-order valence-electron chi connectivity index (χ1n) is 8.01. The van der Waals surface area contributed by atoms with Gasteiger partial charge in [0.1, 0.15) is 11.2 Å². The number of nitrogens with two attached hydrogens (primary N) is 1. The number of hydrogen-bond acceptors (Lipinski definition) is 6. The number of amides is 1. The van der Waals surface area contributed by atoms with Crippen LogP contribution in [0.4, 0.5) is 0 Å². The van der Waals surface area contributed by atoms with E-state index < -0.39 is 11.9 Å². The summed E-state index contributed by atoms with van der Waals surface area (Å²) >= 11 is 0. The summed E-state index contributed by atoms with van der Waals surface area (Å²) in [5.74, 6) is -1.13. The molecule has 0 unspecified atom stereocenters. The molecule has 2 heterocycles. The van der Waals surface area contributed by atoms with Gasteiger partial charge in [0, 0.05) is 17.1 Å². The zero-order valence-electron chi connectivity index (χ0n) is 13.9. The van der Waals surface area contributed by atoms with Crippen LogP contribution < -0.4 is 10.5 Å². The number of nitrogens with zero attached hydrogens (tertiary/aromatic N) is 3. The first-order valence-corrected chi connectivity index (χ1v) is 8.01. The summed E-state index contributed by atoms with van der Waals surface area (Å²) in [5.41, 5.74) is 6.72. The van der Waals surface area contributed by atoms with Crippen LogP contribution in [0, 0.1) is 0 Å². The number of ether oxygens (including phenoxy) is 1. The van der Waals surface area contributed by atoms with Crippen molar-refractivity contribution in [3.05, 3.63) is 72.1 Å². The lowest BCUT2D eigenvalue weighted by atomic mass is 10.0. The first kappa shape index (κ1) is 16.4. The maximum atomic E-state index is 12.6. The highest BCUT2D eigenvalue weighted by molar-refractivity contribution is 6.02. The summed E-state index contributed by atoms with van der Waals surface area (Å²) in [5, 5.41) is 10.9. The number of nitrogens with one attached hydrogen (secondary N) is 1. The Kier molecular flexibility index (Phi) is 4.06. The van der Waals surface area contributed by atoms with Crippen LogP contribution in [0.5, 0.6) is 5.75 Å². The van der Waals surface area contributed by atoms with E-state index in [0.29, 0.717) is 16.6 Å². The van der Waals surface area contributed by atoms with E-state index in [0.717, 1.165) is 5.39 Å². The van der Waals surface area contributed by atoms with Crippen LogP contribution in [0.3, 0.4) is 0 Å². The Labute approximate surface area is 153 Å². The zero-order chi connectivity index (χ0) is 18.8. The number of fused-ring (bicyclic) bond motifs is 1. The number of aromatic amines is 1. The predicted octanol–water partition coefficient (Wildman–Crippen LogP) is 2.34. The number of rotatable bonds is 4. The summed E-state index contributed by atoms with van der Waals surface area (Å²) in [6.45, 7) is 0. The van der Waals surface area contributed by atoms with E-state index in [-0.39, 0.29) is 17.1 Å². The number of primary amides is 1. The molecule has 4 aromatic rings. The Morgan fingerprint density at radius 1 is 0.963 bits per heavy atom. The highest BCUT2D eigenvalue weighted by Crippen LogP contribution is 2.36. The van der Waals surface area contributed by atoms with Crippen molar-refractivity contribution >= 4 is 22.8 Å². The minimum atomic E-state index is -0.750. The van der Waals surface area contributed by atoms with E-state index >= 15 is 0 Å². The number of hydrogen-bond donors (Lipinski definition) is 2. The Morgan fingerprint density at radius 2 is 1.78 bits per heavy atom. The molecular weight excluding hydrogens is 346 g/mol. The highest BCUT2D eigenvalue weighted by atomic mass is 16.5. The number of carbonyl (C=O) groups excluding carboxylic acids is 2. The molecule has 4 rings (SSSR count). The molecule has 8 nitrogen and oxygen atoms in total. The Bertz CT molecular complexity index is 1150. The molecule has 0 bridgehead atoms. The fourth-order valence-corrected chi connectivity index (χ4v) is 2.72. The normalized spacial score (nSPS) is 10.7. The van der Waals surface area contributed by atoms with Crippen molar-refractivity contribution in [3.8, 4) is 17.0 Å². The highest BCUT2D eigenvalue weighted by Gasteiger charge is 2.23. The molecule has 0 saturated carbocycles. The van der Waals surface area contributed by atoms with Crippen molar-refractivity contribution in [2.45, 2.75) is 0 Å². The van der Waals surface area contributed by atoms with Crippen LogP contribution in [-0.2, 0) is 0 Å². The molecule has 3 N–H and O–H groups in total. The molecule has 0 radical (unpaired) electrons. The molecule has 27 heavy (non-hydrogen) atoms. The lowest BCUT2D eigenvalue weighted by Gasteiger charge is -2.11. The number of benzene rings is 2. The minimum absolute atomic E-state index is 0.0534. The van der Waals surface area contributed by atoms with Crippen LogP contribution in [0.25, 0.3) is 22.2 Å². The SMILES string of the molecule is NC(=O)c1n[nH]nc1-c1ccc2cccnc2c1OC(=O)c1ccccc1. The summed E-state index contributed by atoms with van der Waals surface area (Å²) in [6, 6.07) is 15.6. The molecule has 0 spiro atoms. The molecule has 0 atom stereocenters. The molecule has 0 saturated heterocycles. The maximum absolute atomic E-state index is 12.6. The van der Waals surface area contributed by atoms with E-state index in [1.807, 2.05) is 6.07 Å². The molecule has 2 aromatic heterocycles. The van der Waals surface area contributed by atoms with E-state index in [9.17, 15) is 9.59 Å². The Morgan fingerprint density at radius 3 is 2.56 bits per heavy atom. The van der Waals surface area contributed by atoms with Crippen LogP contribution in [-0.4, -0.2) is 32.3 Å². The average Bonchev–Trinajstić information content (AvgIpc) is 3.19. The third-order valence-electron chi connectivity index (χ3n) is 3.97. The molecule has 1 amide bonds. The predicted molar refractivity (Wildman–Crippen MR) is 97.0 cm³/mol. The van der Waals surface area contributed by atoms with Gasteiger partial charge in [-0.25, -0.2) is 4.79 Å². The molecular formula is C19H13N5O3. The largest absolute Gasteiger partial charge is 0.420 e. The van der Waals surface area contributed by atoms with Gasteiger partial charge in [0.15, 0.2) is 11.4 Å². The smallest absolute Gasteiger partial charge is 0.343 e. The standard InChI is InChI=1S/C19H13N5O3/c20-18(25)16-15(22-24-23-16)13-9-8-11-7-4-10-21-14(11)17(13)27-19(26)12-5-2-1-3-6-12/h1-10H,(H2,20,25)(H,22,23,24). The molecule has 8 heteroatoms. The fraction of sp³-hybridized carbons (Fsp3) is 0. The van der Waals surface area contributed by atoms with Crippen LogP contribution >= 0.6 is 0 Å². The monoisotopic (exact) mass is 359 g/mol. The van der Waals surface area contributed by atoms with Gasteiger partial charge in [-0.2, -0.15) is 15.4 Å². The van der Waals surface area contributed by atoms with Gasteiger partial charge in [0.2, 0.25) is 0 Å². The second-order valence-corrected chi connectivity index (χ2v) is 5.66. The number of carbonyl (C=O) groups is 2. The summed E-state index contributed by atoms with van der Waals surface area (Å²) in [4.78, 5) is 28.6. The average molecular weight is 359 g/mol. The van der Waals surface area contributed by atoms with Crippen LogP contribution in [0.15, 0.2) is 60.8 Å². The quantitative estimate of drug-likeness (QED) is 0.426. The van der Waals surface area contributed by atoms with Crippen molar-refractivity contribution in [2.75, 3.05) is 0 Å². The van der Waals surface area contributed by atoms with Gasteiger partial charge in [-0.15, -0.1) is 0 Å². The van der Waals surface area contributed by atoms with Gasteiger partial charge in [-0.3, -0.25) is 9.78 Å². The van der Waals surface area contributed by atoms with Crippen LogP contribution in [0.2, 0.25) is 0 Å². The van der Waals surface area contributed by atoms with Crippen molar-refractivity contribution < 1.29 is 14.3 Å². The lowest BCUT2D eigenvalue weighted by molar-refractivity contribution is 0.0737. The van der Waals surface area contributed by atoms with E-state index in [1.54, 1.807) is 54.7 Å². The number of H-pyrrole nitrogens is 1. The van der Waals surface area contributed by atoms with Crippen molar-refractivity contribution in [1.82, 2.24) is 20.4 Å². The summed E-state index contributed by atoms with van der Waals surface area (Å²) in [7, 11) is 0. The molecule has 132 valence electrons. The van der Waals surface area contributed by atoms with E-state index in [4.69, 9.17) is 10.5 Å². The maximum Gasteiger partial charge on any atom is 0.343 e. The van der Waals surface area contributed by atoms with Gasteiger partial charge in [0.05, 0.1) is 5.56 Å². The second-order valence-electron chi connectivity index (χ2n) is 5.66. The Balaban J connectivity index is 1.90. The summed E-state index contributed by atoms with van der Waals surface area (Å²) < 4.78 is 5.67. The molecule has 0 fully saturated rings. The lowest BCUT2D eigenvalue weighted by Crippen LogP contribution is -2.14. The molecule has 0 aliphatic carbocycles. The molecule has 0 aliphatic rings. The van der Waals surface area contributed by atoms with Crippen molar-refractivity contribution in [1.29, 1.82) is 0 Å². The zero-order valence-corrected chi connectivity index (χ0v) is 13.9. The summed E-state index contributed by atoms with van der Waals surface area (Å²) in [6.07, 6.45) is 1.59. The second kappa shape index (κ2) is 6.68. The minimum Gasteiger partial charge on any atom is -0.420 e. The molecule has 2 aromatic carbocycles. The van der Waals surface area contributed by atoms with Crippen molar-refractivity contribution in [2.24, 2.45) is 5.73 Å². The third-order valence-corrected chi connectivity index (χ3v) is 3.97.